The number of rotatable bonds is 10. The van der Waals surface area contributed by atoms with E-state index in [0.29, 0.717) is 21.0 Å². The molecule has 3 rings (SSSR count). The van der Waals surface area contributed by atoms with Crippen molar-refractivity contribution in [3.63, 3.8) is 0 Å². The Hall–Kier alpha value is -2.50. The summed E-state index contributed by atoms with van der Waals surface area (Å²) in [6.45, 7) is 0.769. The maximum atomic E-state index is 13.7. The lowest BCUT2D eigenvalue weighted by Gasteiger charge is -2.33. The van der Waals surface area contributed by atoms with Crippen molar-refractivity contribution in [3.8, 4) is 0 Å². The van der Waals surface area contributed by atoms with Gasteiger partial charge in [0.25, 0.3) is 0 Å². The zero-order valence-corrected chi connectivity index (χ0v) is 23.8. The summed E-state index contributed by atoms with van der Waals surface area (Å²) in [6.07, 6.45) is -0.247. The highest BCUT2D eigenvalue weighted by Crippen LogP contribution is 2.37. The third kappa shape index (κ3) is 8.02. The Morgan fingerprint density at radius 1 is 1.08 bits per heavy atom. The summed E-state index contributed by atoms with van der Waals surface area (Å²) in [6, 6.07) is 8.31. The lowest BCUT2D eigenvalue weighted by molar-refractivity contribution is -0.140. The molecule has 1 atom stereocenters. The Morgan fingerprint density at radius 2 is 1.72 bits per heavy atom. The third-order valence-electron chi connectivity index (χ3n) is 6.61. The summed E-state index contributed by atoms with van der Waals surface area (Å²) in [7, 11) is -4.23. The fourth-order valence-corrected chi connectivity index (χ4v) is 5.86. The molecule has 2 aromatic rings. The van der Waals surface area contributed by atoms with E-state index in [1.807, 2.05) is 0 Å². The van der Waals surface area contributed by atoms with Crippen LogP contribution in [0.2, 0.25) is 10.0 Å². The molecule has 2 amide bonds. The van der Waals surface area contributed by atoms with Crippen molar-refractivity contribution in [2.75, 3.05) is 17.1 Å². The molecule has 1 fully saturated rings. The van der Waals surface area contributed by atoms with Gasteiger partial charge in [-0.15, -0.1) is 0 Å². The van der Waals surface area contributed by atoms with Crippen LogP contribution in [0.15, 0.2) is 42.5 Å². The molecule has 13 heteroatoms. The lowest BCUT2D eigenvalue weighted by Crippen LogP contribution is -2.53. The maximum absolute atomic E-state index is 13.7. The van der Waals surface area contributed by atoms with Crippen LogP contribution in [0.25, 0.3) is 0 Å². The van der Waals surface area contributed by atoms with Gasteiger partial charge in [0.2, 0.25) is 21.8 Å². The van der Waals surface area contributed by atoms with Gasteiger partial charge in [-0.1, -0.05) is 61.2 Å². The van der Waals surface area contributed by atoms with Crippen LogP contribution in [0, 0.1) is 0 Å². The van der Waals surface area contributed by atoms with Gasteiger partial charge in [0, 0.05) is 17.6 Å². The molecule has 1 N–H and O–H groups in total. The molecule has 0 spiro atoms. The minimum Gasteiger partial charge on any atom is -0.352 e. The second-order valence-corrected chi connectivity index (χ2v) is 12.2. The number of nitrogens with one attached hydrogen (secondary N) is 1. The number of carbonyl (C=O) groups is 2. The molecule has 2 aromatic carbocycles. The Kier molecular flexibility index (Phi) is 10.2. The van der Waals surface area contributed by atoms with E-state index >= 15 is 0 Å². The van der Waals surface area contributed by atoms with E-state index in [0.717, 1.165) is 44.1 Å². The zero-order chi connectivity index (χ0) is 29.0. The minimum atomic E-state index is -4.85. The largest absolute Gasteiger partial charge is 0.417 e. The highest BCUT2D eigenvalue weighted by molar-refractivity contribution is 7.92. The average Bonchev–Trinajstić information content (AvgIpc) is 3.35. The van der Waals surface area contributed by atoms with Crippen LogP contribution < -0.4 is 9.62 Å². The van der Waals surface area contributed by atoms with Gasteiger partial charge < -0.3 is 10.2 Å². The number of halogens is 5. The van der Waals surface area contributed by atoms with Crippen LogP contribution in [-0.2, 0) is 32.3 Å². The molecular formula is C26H30Cl2F3N3O4S. The molecule has 1 aliphatic rings. The lowest BCUT2D eigenvalue weighted by atomic mass is 10.1. The van der Waals surface area contributed by atoms with Crippen LogP contribution in [-0.4, -0.2) is 50.0 Å². The molecular weight excluding hydrogens is 578 g/mol. The first-order valence-electron chi connectivity index (χ1n) is 12.4. The highest BCUT2D eigenvalue weighted by Gasteiger charge is 2.36. The van der Waals surface area contributed by atoms with Crippen molar-refractivity contribution in [1.82, 2.24) is 10.2 Å². The summed E-state index contributed by atoms with van der Waals surface area (Å²) >= 11 is 12.0. The smallest absolute Gasteiger partial charge is 0.352 e. The van der Waals surface area contributed by atoms with E-state index < -0.39 is 45.3 Å². The van der Waals surface area contributed by atoms with Crippen molar-refractivity contribution in [2.45, 2.75) is 63.8 Å². The van der Waals surface area contributed by atoms with Gasteiger partial charge in [0.15, 0.2) is 0 Å². The van der Waals surface area contributed by atoms with Gasteiger partial charge in [-0.3, -0.25) is 13.9 Å². The number of hydrogen-bond donors (Lipinski definition) is 1. The second kappa shape index (κ2) is 12.8. The standard InChI is InChI=1S/C26H30Cl2F3N3O4S/c1-3-23(25(36)32-18-9-5-6-10-18)33(15-17-8-4-7-11-21(17)27)24(35)16-34(39(2,37)38)19-12-13-22(28)20(14-19)26(29,30)31/h4,7-8,11-14,18,23H,3,5-6,9-10,15-16H2,1-2H3,(H,32,36)/t23-/m1/s1. The van der Waals surface area contributed by atoms with Gasteiger partial charge in [-0.25, -0.2) is 8.42 Å². The minimum absolute atomic E-state index is 0.0220. The molecule has 214 valence electrons. The second-order valence-electron chi connectivity index (χ2n) is 9.46. The molecule has 0 unspecified atom stereocenters. The van der Waals surface area contributed by atoms with E-state index in [9.17, 15) is 31.2 Å². The van der Waals surface area contributed by atoms with Crippen LogP contribution in [0.5, 0.6) is 0 Å². The van der Waals surface area contributed by atoms with Gasteiger partial charge >= 0.3 is 6.18 Å². The predicted octanol–water partition coefficient (Wildman–Crippen LogP) is 5.64. The van der Waals surface area contributed by atoms with Crippen molar-refractivity contribution in [2.24, 2.45) is 0 Å². The molecule has 0 aromatic heterocycles. The van der Waals surface area contributed by atoms with Gasteiger partial charge in [0.05, 0.1) is 22.5 Å². The molecule has 0 bridgehead atoms. The molecule has 0 aliphatic heterocycles. The van der Waals surface area contributed by atoms with E-state index in [1.165, 1.54) is 4.90 Å². The number of anilines is 1. The van der Waals surface area contributed by atoms with Crippen molar-refractivity contribution in [1.29, 1.82) is 0 Å². The molecule has 39 heavy (non-hydrogen) atoms. The molecule has 0 saturated heterocycles. The molecule has 0 heterocycles. The van der Waals surface area contributed by atoms with Crippen LogP contribution in [0.1, 0.15) is 50.2 Å². The monoisotopic (exact) mass is 607 g/mol. The Balaban J connectivity index is 1.99. The van der Waals surface area contributed by atoms with E-state index in [4.69, 9.17) is 23.2 Å². The zero-order valence-electron chi connectivity index (χ0n) is 21.5. The van der Waals surface area contributed by atoms with E-state index in [2.05, 4.69) is 5.32 Å². The number of sulfonamides is 1. The van der Waals surface area contributed by atoms with Crippen LogP contribution in [0.3, 0.4) is 0 Å². The summed E-state index contributed by atoms with van der Waals surface area (Å²) in [5, 5.41) is 2.71. The summed E-state index contributed by atoms with van der Waals surface area (Å²) < 4.78 is 66.4. The van der Waals surface area contributed by atoms with E-state index in [-0.39, 0.29) is 30.6 Å². The number of benzene rings is 2. The normalized spacial score (nSPS) is 15.2. The Morgan fingerprint density at radius 3 is 2.28 bits per heavy atom. The number of nitrogens with zero attached hydrogens (tertiary/aromatic N) is 2. The number of alkyl halides is 3. The summed E-state index contributed by atoms with van der Waals surface area (Å²) in [5.41, 5.74) is -1.10. The molecule has 7 nitrogen and oxygen atoms in total. The van der Waals surface area contributed by atoms with Gasteiger partial charge in [-0.2, -0.15) is 13.2 Å². The quantitative estimate of drug-likeness (QED) is 0.378. The maximum Gasteiger partial charge on any atom is 0.417 e. The number of carbonyl (C=O) groups excluding carboxylic acids is 2. The van der Waals surface area contributed by atoms with Crippen molar-refractivity contribution in [3.05, 3.63) is 63.6 Å². The first-order chi connectivity index (χ1) is 18.2. The summed E-state index contributed by atoms with van der Waals surface area (Å²) in [5.74, 6) is -1.17. The predicted molar refractivity (Wildman–Crippen MR) is 145 cm³/mol. The average molecular weight is 609 g/mol. The SMILES string of the molecule is CC[C@H](C(=O)NC1CCCC1)N(Cc1ccccc1Cl)C(=O)CN(c1ccc(Cl)c(C(F)(F)F)c1)S(C)(=O)=O. The molecule has 1 aliphatic carbocycles. The molecule has 0 radical (unpaired) electrons. The fraction of sp³-hybridized carbons (Fsp3) is 0.462. The first kappa shape index (κ1) is 31.0. The Bertz CT molecular complexity index is 1300. The topological polar surface area (TPSA) is 86.8 Å². The number of hydrogen-bond acceptors (Lipinski definition) is 4. The highest BCUT2D eigenvalue weighted by atomic mass is 35.5. The van der Waals surface area contributed by atoms with E-state index in [1.54, 1.807) is 31.2 Å². The van der Waals surface area contributed by atoms with Crippen molar-refractivity contribution >= 4 is 50.7 Å². The van der Waals surface area contributed by atoms with Crippen molar-refractivity contribution < 1.29 is 31.2 Å². The van der Waals surface area contributed by atoms with Gasteiger partial charge in [-0.05, 0) is 49.1 Å². The van der Waals surface area contributed by atoms with Gasteiger partial charge in [0.1, 0.15) is 12.6 Å². The molecule has 1 saturated carbocycles. The summed E-state index contributed by atoms with van der Waals surface area (Å²) in [4.78, 5) is 28.2. The fourth-order valence-electron chi connectivity index (χ4n) is 4.60. The third-order valence-corrected chi connectivity index (χ3v) is 8.45. The first-order valence-corrected chi connectivity index (χ1v) is 15.0. The van der Waals surface area contributed by atoms with Crippen LogP contribution >= 0.6 is 23.2 Å². The number of amides is 2. The van der Waals surface area contributed by atoms with Crippen LogP contribution in [0.4, 0.5) is 18.9 Å². The Labute approximate surface area is 236 Å².